The largest absolute Gasteiger partial charge is 0.375 e. The summed E-state index contributed by atoms with van der Waals surface area (Å²) in [5, 5.41) is 11.9. The van der Waals surface area contributed by atoms with Gasteiger partial charge in [0.1, 0.15) is 0 Å². The van der Waals surface area contributed by atoms with E-state index in [-0.39, 0.29) is 10.8 Å². The third-order valence-electron chi connectivity index (χ3n) is 2.66. The van der Waals surface area contributed by atoms with Crippen LogP contribution in [-0.2, 0) is 0 Å². The first-order valence-corrected chi connectivity index (χ1v) is 6.01. The van der Waals surface area contributed by atoms with Gasteiger partial charge in [-0.1, -0.05) is 11.3 Å². The van der Waals surface area contributed by atoms with E-state index in [9.17, 15) is 14.9 Å². The monoisotopic (exact) mass is 274 g/mol. The smallest absolute Gasteiger partial charge is 0.282 e. The van der Waals surface area contributed by atoms with Gasteiger partial charge in [0, 0.05) is 23.7 Å². The summed E-state index contributed by atoms with van der Waals surface area (Å²) in [6, 6.07) is 4.30. The predicted molar refractivity (Wildman–Crippen MR) is 72.3 cm³/mol. The molecule has 0 spiro atoms. The number of non-ortho nitro benzene ring substituents is 1. The highest BCUT2D eigenvalue weighted by Crippen LogP contribution is 2.28. The molecule has 19 heavy (non-hydrogen) atoms. The Kier molecular flexibility index (Phi) is 2.39. The lowest BCUT2D eigenvalue weighted by molar-refractivity contribution is -0.384. The first-order valence-electron chi connectivity index (χ1n) is 5.20. The van der Waals surface area contributed by atoms with Crippen LogP contribution in [0.3, 0.4) is 0 Å². The third kappa shape index (κ3) is 1.78. The quantitative estimate of drug-likeness (QED) is 0.410. The molecule has 7 nitrogen and oxygen atoms in total. The Morgan fingerprint density at radius 1 is 1.32 bits per heavy atom. The molecular weight excluding hydrogens is 268 g/mol. The number of fused-ring (bicyclic) bond motifs is 3. The average Bonchev–Trinajstić information content (AvgIpc) is 2.37. The van der Waals surface area contributed by atoms with Gasteiger partial charge in [-0.25, -0.2) is 0 Å². The molecule has 0 bridgehead atoms. The van der Waals surface area contributed by atoms with E-state index in [4.69, 9.17) is 5.73 Å². The summed E-state index contributed by atoms with van der Waals surface area (Å²) in [4.78, 5) is 29.6. The van der Waals surface area contributed by atoms with Crippen LogP contribution in [0.4, 0.5) is 10.8 Å². The number of nitrogens with zero attached hydrogens (tertiary/aromatic N) is 3. The molecule has 2 heterocycles. The fraction of sp³-hybridized carbons (Fsp3) is 0. The second-order valence-electron chi connectivity index (χ2n) is 3.82. The van der Waals surface area contributed by atoms with Gasteiger partial charge in [-0.15, -0.1) is 0 Å². The second-order valence-corrected chi connectivity index (χ2v) is 4.85. The normalized spacial score (nSPS) is 10.9. The van der Waals surface area contributed by atoms with E-state index < -0.39 is 10.5 Å². The van der Waals surface area contributed by atoms with Crippen LogP contribution in [0.15, 0.2) is 29.2 Å². The number of nitro groups is 1. The van der Waals surface area contributed by atoms with Crippen LogP contribution in [0, 0.1) is 10.1 Å². The van der Waals surface area contributed by atoms with Crippen molar-refractivity contribution < 1.29 is 4.92 Å². The highest BCUT2D eigenvalue weighted by atomic mass is 32.1. The van der Waals surface area contributed by atoms with Crippen molar-refractivity contribution in [3.63, 3.8) is 0 Å². The number of hydrogen-bond donors (Lipinski definition) is 1. The van der Waals surface area contributed by atoms with Crippen LogP contribution in [0.1, 0.15) is 0 Å². The van der Waals surface area contributed by atoms with E-state index in [0.717, 1.165) is 11.3 Å². The van der Waals surface area contributed by atoms with Crippen LogP contribution in [0.2, 0.25) is 0 Å². The van der Waals surface area contributed by atoms with Gasteiger partial charge in [0.25, 0.3) is 11.2 Å². The van der Waals surface area contributed by atoms with E-state index in [1.54, 1.807) is 6.07 Å². The van der Waals surface area contributed by atoms with Crippen molar-refractivity contribution in [2.75, 3.05) is 5.73 Å². The topological polar surface area (TPSA) is 112 Å². The minimum absolute atomic E-state index is 0.0475. The van der Waals surface area contributed by atoms with Crippen LogP contribution < -0.4 is 11.3 Å². The second kappa shape index (κ2) is 3.95. The lowest BCUT2D eigenvalue weighted by atomic mass is 10.2. The number of hydrogen-bond acceptors (Lipinski definition) is 7. The molecule has 0 amide bonds. The van der Waals surface area contributed by atoms with Crippen molar-refractivity contribution in [3.8, 4) is 0 Å². The zero-order chi connectivity index (χ0) is 13.6. The van der Waals surface area contributed by atoms with Gasteiger partial charge in [0.2, 0.25) is 0 Å². The number of pyridine rings is 1. The summed E-state index contributed by atoms with van der Waals surface area (Å²) >= 11 is 1.16. The molecular formula is C11H6N4O3S. The van der Waals surface area contributed by atoms with Gasteiger partial charge in [-0.2, -0.15) is 4.98 Å². The molecule has 8 heteroatoms. The molecule has 0 aliphatic heterocycles. The minimum Gasteiger partial charge on any atom is -0.375 e. The number of benzene rings is 1. The van der Waals surface area contributed by atoms with Gasteiger partial charge in [0.05, 0.1) is 20.5 Å². The van der Waals surface area contributed by atoms with Gasteiger partial charge < -0.3 is 5.73 Å². The van der Waals surface area contributed by atoms with E-state index >= 15 is 0 Å². The molecule has 3 aromatic rings. The standard InChI is InChI=1S/C11H6N4O3S/c12-11-14-10(16)7-4-13-8-3-5(15(17)18)1-2-6(8)9(7)19-11/h1-4H,(H2,12,14,16). The van der Waals surface area contributed by atoms with Crippen LogP contribution in [-0.4, -0.2) is 14.9 Å². The molecule has 94 valence electrons. The fourth-order valence-electron chi connectivity index (χ4n) is 1.82. The van der Waals surface area contributed by atoms with Crippen molar-refractivity contribution in [2.45, 2.75) is 0 Å². The van der Waals surface area contributed by atoms with E-state index in [1.165, 1.54) is 18.3 Å². The molecule has 0 radical (unpaired) electrons. The van der Waals surface area contributed by atoms with Crippen molar-refractivity contribution >= 4 is 43.1 Å². The van der Waals surface area contributed by atoms with Crippen LogP contribution in [0.5, 0.6) is 0 Å². The number of aromatic nitrogens is 2. The number of anilines is 1. The van der Waals surface area contributed by atoms with Crippen molar-refractivity contribution in [1.29, 1.82) is 0 Å². The summed E-state index contributed by atoms with van der Waals surface area (Å²) in [7, 11) is 0. The molecule has 2 aromatic heterocycles. The number of nitrogen functional groups attached to an aromatic ring is 1. The molecule has 1 aromatic carbocycles. The molecule has 0 unspecified atom stereocenters. The molecule has 0 aliphatic carbocycles. The lowest BCUT2D eigenvalue weighted by Crippen LogP contribution is -2.07. The molecule has 0 saturated carbocycles. The summed E-state index contributed by atoms with van der Waals surface area (Å²) in [5.74, 6) is 0. The van der Waals surface area contributed by atoms with E-state index in [0.29, 0.717) is 21.0 Å². The maximum absolute atomic E-state index is 11.7. The highest BCUT2D eigenvalue weighted by Gasteiger charge is 2.11. The summed E-state index contributed by atoms with van der Waals surface area (Å²) < 4.78 is 0.636. The molecule has 0 atom stereocenters. The molecule has 0 aliphatic rings. The SMILES string of the molecule is Nc1nc(=O)c2cnc3cc([N+](=O)[O-])ccc3c2s1. The zero-order valence-electron chi connectivity index (χ0n) is 9.36. The van der Waals surface area contributed by atoms with Gasteiger partial charge in [0.15, 0.2) is 5.13 Å². The van der Waals surface area contributed by atoms with Crippen LogP contribution in [0.25, 0.3) is 21.0 Å². The summed E-state index contributed by atoms with van der Waals surface area (Å²) in [6.45, 7) is 0. The molecule has 0 saturated heterocycles. The zero-order valence-corrected chi connectivity index (χ0v) is 10.2. The lowest BCUT2D eigenvalue weighted by Gasteiger charge is -2.02. The van der Waals surface area contributed by atoms with E-state index in [2.05, 4.69) is 9.97 Å². The Balaban J connectivity index is 2.47. The van der Waals surface area contributed by atoms with Gasteiger partial charge >= 0.3 is 0 Å². The van der Waals surface area contributed by atoms with Crippen molar-refractivity contribution in [1.82, 2.24) is 9.97 Å². The summed E-state index contributed by atoms with van der Waals surface area (Å²) in [5.41, 5.74) is 5.53. The van der Waals surface area contributed by atoms with Gasteiger partial charge in [-0.05, 0) is 6.07 Å². The molecule has 2 N–H and O–H groups in total. The van der Waals surface area contributed by atoms with Crippen molar-refractivity contribution in [3.05, 3.63) is 44.9 Å². The Morgan fingerprint density at radius 2 is 2.11 bits per heavy atom. The van der Waals surface area contributed by atoms with E-state index in [1.807, 2.05) is 0 Å². The minimum atomic E-state index is -0.491. The molecule has 0 fully saturated rings. The maximum Gasteiger partial charge on any atom is 0.282 e. The summed E-state index contributed by atoms with van der Waals surface area (Å²) in [6.07, 6.45) is 1.37. The highest BCUT2D eigenvalue weighted by molar-refractivity contribution is 7.22. The number of nitro benzene ring substituents is 1. The Morgan fingerprint density at radius 3 is 2.84 bits per heavy atom. The number of rotatable bonds is 1. The van der Waals surface area contributed by atoms with Crippen molar-refractivity contribution in [2.24, 2.45) is 0 Å². The van der Waals surface area contributed by atoms with Crippen LogP contribution >= 0.6 is 11.3 Å². The van der Waals surface area contributed by atoms with Gasteiger partial charge in [-0.3, -0.25) is 19.9 Å². The Labute approximate surface area is 109 Å². The number of nitrogens with two attached hydrogens (primary N) is 1. The maximum atomic E-state index is 11.7. The Hall–Kier alpha value is -2.61. The average molecular weight is 274 g/mol. The third-order valence-corrected chi connectivity index (χ3v) is 3.61. The molecule has 3 rings (SSSR count). The first kappa shape index (κ1) is 11.5. The fourth-order valence-corrected chi connectivity index (χ4v) is 2.69. The Bertz CT molecular complexity index is 890. The first-order chi connectivity index (χ1) is 9.06. The predicted octanol–water partition coefficient (Wildman–Crippen LogP) is 1.70.